The Labute approximate surface area is 181 Å². The van der Waals surface area contributed by atoms with Crippen LogP contribution in [-0.2, 0) is 4.43 Å². The van der Waals surface area contributed by atoms with Gasteiger partial charge in [0.1, 0.15) is 12.4 Å². The van der Waals surface area contributed by atoms with Crippen LogP contribution in [-0.4, -0.2) is 41.6 Å². The van der Waals surface area contributed by atoms with Gasteiger partial charge in [-0.3, -0.25) is 4.52 Å². The lowest BCUT2D eigenvalue weighted by atomic mass is 10.2. The van der Waals surface area contributed by atoms with E-state index in [9.17, 15) is 9.18 Å². The van der Waals surface area contributed by atoms with Crippen molar-refractivity contribution in [3.05, 3.63) is 39.0 Å². The molecule has 0 bridgehead atoms. The van der Waals surface area contributed by atoms with Crippen LogP contribution >= 0.6 is 15.9 Å². The molecule has 0 saturated carbocycles. The normalized spacial score (nSPS) is 12.4. The number of ether oxygens (including phenoxy) is 1. The summed E-state index contributed by atoms with van der Waals surface area (Å²) in [5.74, 6) is -1.20. The topological polar surface area (TPSA) is 105 Å². The largest absolute Gasteiger partial charge is 0.471 e. The van der Waals surface area contributed by atoms with Crippen molar-refractivity contribution in [3.63, 3.8) is 0 Å². The summed E-state index contributed by atoms with van der Waals surface area (Å²) >= 11 is 3.09. The van der Waals surface area contributed by atoms with Gasteiger partial charge in [-0.15, -0.1) is 0 Å². The smallest absolute Gasteiger partial charge is 0.446 e. The Hall–Kier alpha value is -2.31. The fraction of sp³-hybridized carbons (Fsp3) is 0.444. The molecular weight excluding hydrogens is 479 g/mol. The monoisotopic (exact) mass is 500 g/mol. The van der Waals surface area contributed by atoms with Crippen LogP contribution in [0.1, 0.15) is 20.8 Å². The van der Waals surface area contributed by atoms with E-state index < -0.39 is 19.9 Å². The summed E-state index contributed by atoms with van der Waals surface area (Å²) < 4.78 is 36.1. The van der Waals surface area contributed by atoms with Gasteiger partial charge in [0.15, 0.2) is 8.32 Å². The average molecular weight is 501 g/mol. The minimum absolute atomic E-state index is 0.0140. The molecule has 0 saturated heterocycles. The summed E-state index contributed by atoms with van der Waals surface area (Å²) in [5, 5.41) is 11.3. The number of halogens is 2. The highest BCUT2D eigenvalue weighted by molar-refractivity contribution is 9.10. The number of benzene rings is 1. The van der Waals surface area contributed by atoms with Crippen LogP contribution in [0.2, 0.25) is 18.1 Å². The Morgan fingerprint density at radius 3 is 2.60 bits per heavy atom. The minimum atomic E-state index is -1.91. The summed E-state index contributed by atoms with van der Waals surface area (Å²) in [7, 11) is -1.91. The van der Waals surface area contributed by atoms with E-state index >= 15 is 0 Å². The molecule has 0 aliphatic rings. The van der Waals surface area contributed by atoms with Gasteiger partial charge in [0.25, 0.3) is 5.88 Å². The van der Waals surface area contributed by atoms with Gasteiger partial charge in [-0.25, -0.2) is 18.4 Å². The summed E-state index contributed by atoms with van der Waals surface area (Å²) in [6.45, 7) is 11.3. The third kappa shape index (κ3) is 4.55. The fourth-order valence-electron chi connectivity index (χ4n) is 2.31. The average Bonchev–Trinajstić information content (AvgIpc) is 3.26. The molecule has 2 aromatic heterocycles. The van der Waals surface area contributed by atoms with Crippen molar-refractivity contribution >= 4 is 24.2 Å². The summed E-state index contributed by atoms with van der Waals surface area (Å²) in [6.07, 6.45) is 0. The first-order valence-electron chi connectivity index (χ1n) is 9.15. The van der Waals surface area contributed by atoms with Crippen molar-refractivity contribution in [2.75, 3.05) is 13.2 Å². The Kier molecular flexibility index (Phi) is 6.29. The first-order valence-corrected chi connectivity index (χ1v) is 12.9. The number of rotatable bonds is 7. The summed E-state index contributed by atoms with van der Waals surface area (Å²) in [5.41, 5.74) is 0.397. The zero-order valence-corrected chi connectivity index (χ0v) is 19.8. The Bertz CT molecular complexity index is 1090. The maximum absolute atomic E-state index is 13.6. The van der Waals surface area contributed by atoms with E-state index in [0.717, 1.165) is 4.57 Å². The molecule has 3 aromatic rings. The second kappa shape index (κ2) is 8.44. The lowest BCUT2D eigenvalue weighted by molar-refractivity contribution is 0.190. The van der Waals surface area contributed by atoms with E-state index in [2.05, 4.69) is 65.3 Å². The van der Waals surface area contributed by atoms with E-state index in [1.165, 1.54) is 18.2 Å². The molecule has 0 N–H and O–H groups in total. The molecule has 0 aliphatic carbocycles. The Morgan fingerprint density at radius 1 is 1.20 bits per heavy atom. The van der Waals surface area contributed by atoms with Gasteiger partial charge in [0.05, 0.1) is 16.8 Å². The molecule has 3 rings (SSSR count). The van der Waals surface area contributed by atoms with Gasteiger partial charge in [-0.1, -0.05) is 25.9 Å². The molecule has 0 radical (unpaired) electrons. The molecule has 0 amide bonds. The number of aromatic nitrogens is 4. The van der Waals surface area contributed by atoms with Crippen LogP contribution in [0.15, 0.2) is 36.6 Å². The van der Waals surface area contributed by atoms with Crippen molar-refractivity contribution in [1.29, 1.82) is 0 Å². The molecule has 162 valence electrons. The summed E-state index contributed by atoms with van der Waals surface area (Å²) in [4.78, 5) is 12.2. The highest BCUT2D eigenvalue weighted by atomic mass is 79.9. The molecule has 0 fully saturated rings. The van der Waals surface area contributed by atoms with E-state index in [1.807, 2.05) is 0 Å². The van der Waals surface area contributed by atoms with Crippen molar-refractivity contribution in [2.24, 2.45) is 0 Å². The van der Waals surface area contributed by atoms with E-state index in [0.29, 0.717) is 12.3 Å². The van der Waals surface area contributed by atoms with Gasteiger partial charge in [0.2, 0.25) is 11.5 Å². The standard InChI is InChI=1S/C18H22BrFN4O5Si/c1-18(2,3)30(4,5)27-9-8-26-16-14(21-29-23-16)15-22-28-17(25)24(15)11-6-7-13(20)12(19)10-11/h6-7,10H,8-9H2,1-5H3. The van der Waals surface area contributed by atoms with Crippen LogP contribution in [0.5, 0.6) is 5.88 Å². The first kappa shape index (κ1) is 22.4. The molecule has 0 unspecified atom stereocenters. The molecule has 30 heavy (non-hydrogen) atoms. The van der Waals surface area contributed by atoms with Gasteiger partial charge in [0, 0.05) is 0 Å². The summed E-state index contributed by atoms with van der Waals surface area (Å²) in [6, 6.07) is 4.03. The second-order valence-electron chi connectivity index (χ2n) is 8.08. The van der Waals surface area contributed by atoms with Crippen molar-refractivity contribution in [2.45, 2.75) is 38.9 Å². The van der Waals surface area contributed by atoms with Crippen LogP contribution in [0, 0.1) is 5.82 Å². The lowest BCUT2D eigenvalue weighted by Crippen LogP contribution is -2.41. The lowest BCUT2D eigenvalue weighted by Gasteiger charge is -2.36. The van der Waals surface area contributed by atoms with Crippen molar-refractivity contribution in [1.82, 2.24) is 20.0 Å². The quantitative estimate of drug-likeness (QED) is 0.351. The van der Waals surface area contributed by atoms with Gasteiger partial charge < -0.3 is 9.16 Å². The van der Waals surface area contributed by atoms with Crippen molar-refractivity contribution < 1.29 is 22.7 Å². The zero-order valence-electron chi connectivity index (χ0n) is 17.2. The maximum atomic E-state index is 13.6. The molecule has 1 aromatic carbocycles. The van der Waals surface area contributed by atoms with Gasteiger partial charge in [-0.05, 0) is 62.6 Å². The highest BCUT2D eigenvalue weighted by Gasteiger charge is 2.37. The number of nitrogens with zero attached hydrogens (tertiary/aromatic N) is 4. The predicted molar refractivity (Wildman–Crippen MR) is 112 cm³/mol. The third-order valence-corrected chi connectivity index (χ3v) is 10.2. The maximum Gasteiger partial charge on any atom is 0.446 e. The molecule has 0 spiro atoms. The first-order chi connectivity index (χ1) is 14.0. The predicted octanol–water partition coefficient (Wildman–Crippen LogP) is 4.18. The Morgan fingerprint density at radius 2 is 1.93 bits per heavy atom. The molecular formula is C18H22BrFN4O5Si. The molecule has 2 heterocycles. The number of hydrogen-bond donors (Lipinski definition) is 0. The van der Waals surface area contributed by atoms with Gasteiger partial charge >= 0.3 is 5.76 Å². The SMILES string of the molecule is CC(C)(C)[Si](C)(C)OCCOc1nonc1-c1noc(=O)n1-c1ccc(F)c(Br)c1. The van der Waals surface area contributed by atoms with E-state index in [1.54, 1.807) is 0 Å². The fourth-order valence-corrected chi connectivity index (χ4v) is 3.71. The van der Waals surface area contributed by atoms with E-state index in [4.69, 9.17) is 18.3 Å². The molecule has 0 aliphatic heterocycles. The third-order valence-electron chi connectivity index (χ3n) is 5.03. The van der Waals surface area contributed by atoms with Crippen LogP contribution in [0.4, 0.5) is 4.39 Å². The van der Waals surface area contributed by atoms with Gasteiger partial charge in [-0.2, -0.15) is 0 Å². The second-order valence-corrected chi connectivity index (χ2v) is 13.7. The minimum Gasteiger partial charge on any atom is -0.471 e. The van der Waals surface area contributed by atoms with E-state index in [-0.39, 0.29) is 33.5 Å². The van der Waals surface area contributed by atoms with Crippen molar-refractivity contribution in [3.8, 4) is 23.1 Å². The molecule has 9 nitrogen and oxygen atoms in total. The highest BCUT2D eigenvalue weighted by Crippen LogP contribution is 2.36. The van der Waals surface area contributed by atoms with Crippen LogP contribution in [0.25, 0.3) is 17.2 Å². The number of hydrogen-bond acceptors (Lipinski definition) is 8. The molecule has 12 heteroatoms. The molecule has 0 atom stereocenters. The van der Waals surface area contributed by atoms with Crippen LogP contribution < -0.4 is 10.5 Å². The Balaban J connectivity index is 1.79. The zero-order chi connectivity index (χ0) is 22.1. The van der Waals surface area contributed by atoms with Crippen LogP contribution in [0.3, 0.4) is 0 Å².